The molecule has 0 saturated carbocycles. The lowest BCUT2D eigenvalue weighted by molar-refractivity contribution is 0.0989. The summed E-state index contributed by atoms with van der Waals surface area (Å²) in [6, 6.07) is 9.51. The van der Waals surface area contributed by atoms with E-state index in [1.807, 2.05) is 49.8 Å². The largest absolute Gasteiger partial charge is 0.497 e. The molecule has 0 unspecified atom stereocenters. The van der Waals surface area contributed by atoms with Gasteiger partial charge in [0, 0.05) is 13.1 Å². The van der Waals surface area contributed by atoms with Crippen LogP contribution in [-0.4, -0.2) is 50.1 Å². The number of carbonyl (C=O) groups is 1. The Balaban J connectivity index is 1.96. The highest BCUT2D eigenvalue weighted by Gasteiger charge is 2.22. The van der Waals surface area contributed by atoms with Crippen LogP contribution in [0.2, 0.25) is 0 Å². The Kier molecular flexibility index (Phi) is 5.13. The van der Waals surface area contributed by atoms with Crippen molar-refractivity contribution >= 4 is 43.9 Å². The van der Waals surface area contributed by atoms with Crippen molar-refractivity contribution in [1.29, 1.82) is 0 Å². The SMILES string of the molecule is COc1ccc2nc(N(CCN(C)C)C(=O)c3cccs3)sc2c1. The Morgan fingerprint density at radius 1 is 1.25 bits per heavy atom. The zero-order valence-corrected chi connectivity index (χ0v) is 15.5. The Labute approximate surface area is 149 Å². The van der Waals surface area contributed by atoms with E-state index >= 15 is 0 Å². The smallest absolute Gasteiger partial charge is 0.270 e. The molecule has 0 radical (unpaired) electrons. The number of thiophene rings is 1. The van der Waals surface area contributed by atoms with E-state index in [-0.39, 0.29) is 5.91 Å². The molecule has 24 heavy (non-hydrogen) atoms. The molecular weight excluding hydrogens is 342 g/mol. The number of aromatic nitrogens is 1. The number of anilines is 1. The van der Waals surface area contributed by atoms with Gasteiger partial charge in [0.25, 0.3) is 5.91 Å². The number of hydrogen-bond donors (Lipinski definition) is 0. The van der Waals surface area contributed by atoms with Gasteiger partial charge in [-0.3, -0.25) is 9.69 Å². The number of thiazole rings is 1. The number of likely N-dealkylation sites (N-methyl/N-ethyl adjacent to an activating group) is 1. The van der Waals surface area contributed by atoms with Crippen molar-refractivity contribution < 1.29 is 9.53 Å². The summed E-state index contributed by atoms with van der Waals surface area (Å²) in [6.07, 6.45) is 0. The fourth-order valence-corrected chi connectivity index (χ4v) is 3.94. The number of methoxy groups -OCH3 is 1. The maximum Gasteiger partial charge on any atom is 0.270 e. The number of amides is 1. The average Bonchev–Trinajstić information content (AvgIpc) is 3.23. The first-order valence-corrected chi connectivity index (χ1v) is 9.23. The zero-order chi connectivity index (χ0) is 17.1. The first kappa shape index (κ1) is 16.9. The Hall–Kier alpha value is -1.96. The Bertz CT molecular complexity index is 828. The number of ether oxygens (including phenoxy) is 1. The van der Waals surface area contributed by atoms with Gasteiger partial charge < -0.3 is 9.64 Å². The molecule has 3 rings (SSSR count). The molecule has 1 aromatic carbocycles. The second-order valence-corrected chi connectivity index (χ2v) is 7.52. The molecule has 0 atom stereocenters. The molecule has 5 nitrogen and oxygen atoms in total. The van der Waals surface area contributed by atoms with Gasteiger partial charge in [0.1, 0.15) is 5.75 Å². The van der Waals surface area contributed by atoms with Crippen LogP contribution in [0.15, 0.2) is 35.7 Å². The third-order valence-electron chi connectivity index (χ3n) is 3.56. The minimum atomic E-state index is -0.00197. The van der Waals surface area contributed by atoms with Crippen LogP contribution in [0.5, 0.6) is 5.75 Å². The molecule has 0 N–H and O–H groups in total. The predicted octanol–water partition coefficient (Wildman–Crippen LogP) is 3.57. The second-order valence-electron chi connectivity index (χ2n) is 5.57. The van der Waals surface area contributed by atoms with Crippen LogP contribution < -0.4 is 9.64 Å². The molecule has 3 aromatic rings. The van der Waals surface area contributed by atoms with Crippen LogP contribution in [0, 0.1) is 0 Å². The molecule has 0 fully saturated rings. The van der Waals surface area contributed by atoms with Gasteiger partial charge in [-0.05, 0) is 43.7 Å². The highest BCUT2D eigenvalue weighted by Crippen LogP contribution is 2.32. The van der Waals surface area contributed by atoms with Crippen molar-refractivity contribution in [2.75, 3.05) is 39.2 Å². The minimum Gasteiger partial charge on any atom is -0.497 e. The van der Waals surface area contributed by atoms with Gasteiger partial charge in [0.15, 0.2) is 5.13 Å². The summed E-state index contributed by atoms with van der Waals surface area (Å²) in [5, 5.41) is 2.64. The van der Waals surface area contributed by atoms with Gasteiger partial charge in [-0.2, -0.15) is 0 Å². The zero-order valence-electron chi connectivity index (χ0n) is 13.9. The van der Waals surface area contributed by atoms with Crippen LogP contribution >= 0.6 is 22.7 Å². The summed E-state index contributed by atoms with van der Waals surface area (Å²) < 4.78 is 6.28. The number of rotatable bonds is 6. The van der Waals surface area contributed by atoms with E-state index in [0.717, 1.165) is 32.5 Å². The molecule has 7 heteroatoms. The fraction of sp³-hybridized carbons (Fsp3) is 0.294. The van der Waals surface area contributed by atoms with Crippen molar-refractivity contribution in [2.24, 2.45) is 0 Å². The monoisotopic (exact) mass is 361 g/mol. The maximum absolute atomic E-state index is 12.9. The molecule has 2 aromatic heterocycles. The van der Waals surface area contributed by atoms with E-state index in [1.165, 1.54) is 22.7 Å². The first-order valence-electron chi connectivity index (χ1n) is 7.53. The standard InChI is InChI=1S/C17H19N3O2S2/c1-19(2)8-9-20(16(21)14-5-4-10-23-14)17-18-13-7-6-12(22-3)11-15(13)24-17/h4-7,10-11H,8-9H2,1-3H3. The van der Waals surface area contributed by atoms with Crippen LogP contribution in [0.1, 0.15) is 9.67 Å². The van der Waals surface area contributed by atoms with E-state index < -0.39 is 0 Å². The van der Waals surface area contributed by atoms with Crippen molar-refractivity contribution in [3.8, 4) is 5.75 Å². The molecule has 0 saturated heterocycles. The molecule has 0 aliphatic heterocycles. The fourth-order valence-electron chi connectivity index (χ4n) is 2.25. The molecule has 2 heterocycles. The van der Waals surface area contributed by atoms with E-state index in [2.05, 4.69) is 9.88 Å². The normalized spacial score (nSPS) is 11.2. The quantitative estimate of drug-likeness (QED) is 0.673. The highest BCUT2D eigenvalue weighted by atomic mass is 32.1. The summed E-state index contributed by atoms with van der Waals surface area (Å²) in [6.45, 7) is 1.37. The lowest BCUT2D eigenvalue weighted by Crippen LogP contribution is -2.36. The number of benzene rings is 1. The summed E-state index contributed by atoms with van der Waals surface area (Å²) in [7, 11) is 5.64. The topological polar surface area (TPSA) is 45.7 Å². The van der Waals surface area contributed by atoms with Crippen molar-refractivity contribution in [3.05, 3.63) is 40.6 Å². The Morgan fingerprint density at radius 2 is 2.08 bits per heavy atom. The first-order chi connectivity index (χ1) is 11.6. The molecule has 0 spiro atoms. The van der Waals surface area contributed by atoms with Gasteiger partial charge in [-0.1, -0.05) is 17.4 Å². The van der Waals surface area contributed by atoms with Crippen LogP contribution in [-0.2, 0) is 0 Å². The predicted molar refractivity (Wildman–Crippen MR) is 101 cm³/mol. The summed E-state index contributed by atoms with van der Waals surface area (Å²) >= 11 is 2.97. The van der Waals surface area contributed by atoms with Gasteiger partial charge in [-0.15, -0.1) is 11.3 Å². The number of carbonyl (C=O) groups excluding carboxylic acids is 1. The second kappa shape index (κ2) is 7.29. The number of fused-ring (bicyclic) bond motifs is 1. The molecule has 1 amide bonds. The van der Waals surface area contributed by atoms with E-state index in [4.69, 9.17) is 4.74 Å². The minimum absolute atomic E-state index is 0.00197. The summed E-state index contributed by atoms with van der Waals surface area (Å²) in [5.74, 6) is 0.792. The van der Waals surface area contributed by atoms with Crippen LogP contribution in [0.3, 0.4) is 0 Å². The summed E-state index contributed by atoms with van der Waals surface area (Å²) in [5.41, 5.74) is 0.879. The van der Waals surface area contributed by atoms with Crippen molar-refractivity contribution in [1.82, 2.24) is 9.88 Å². The third kappa shape index (κ3) is 3.58. The third-order valence-corrected chi connectivity index (χ3v) is 5.46. The van der Waals surface area contributed by atoms with Crippen molar-refractivity contribution in [2.45, 2.75) is 0 Å². The lowest BCUT2D eigenvalue weighted by Gasteiger charge is -2.21. The van der Waals surface area contributed by atoms with Crippen LogP contribution in [0.25, 0.3) is 10.2 Å². The lowest BCUT2D eigenvalue weighted by atomic mass is 10.3. The highest BCUT2D eigenvalue weighted by molar-refractivity contribution is 7.22. The van der Waals surface area contributed by atoms with Gasteiger partial charge in [-0.25, -0.2) is 4.98 Å². The maximum atomic E-state index is 12.9. The molecule has 0 aliphatic carbocycles. The van der Waals surface area contributed by atoms with Crippen LogP contribution in [0.4, 0.5) is 5.13 Å². The molecular formula is C17H19N3O2S2. The Morgan fingerprint density at radius 3 is 2.75 bits per heavy atom. The van der Waals surface area contributed by atoms with E-state index in [0.29, 0.717) is 6.54 Å². The molecule has 0 aliphatic rings. The van der Waals surface area contributed by atoms with Gasteiger partial charge in [0.05, 0.1) is 22.2 Å². The number of hydrogen-bond acceptors (Lipinski definition) is 6. The van der Waals surface area contributed by atoms with Crippen molar-refractivity contribution in [3.63, 3.8) is 0 Å². The number of nitrogens with zero attached hydrogens (tertiary/aromatic N) is 3. The average molecular weight is 361 g/mol. The molecule has 0 bridgehead atoms. The van der Waals surface area contributed by atoms with E-state index in [1.54, 1.807) is 12.0 Å². The molecule has 126 valence electrons. The van der Waals surface area contributed by atoms with E-state index in [9.17, 15) is 4.79 Å². The van der Waals surface area contributed by atoms with Gasteiger partial charge >= 0.3 is 0 Å². The summed E-state index contributed by atoms with van der Waals surface area (Å²) in [4.78, 5) is 22.1. The van der Waals surface area contributed by atoms with Gasteiger partial charge in [0.2, 0.25) is 0 Å².